The predicted octanol–water partition coefficient (Wildman–Crippen LogP) is 1.23. The number of amides is 4. The van der Waals surface area contributed by atoms with Gasteiger partial charge in [-0.05, 0) is 11.6 Å². The fraction of sp³-hybridized carbons (Fsp3) is 0.182. The van der Waals surface area contributed by atoms with Crippen LogP contribution < -0.4 is 10.6 Å². The molecule has 4 amide bonds. The molecule has 0 radical (unpaired) electrons. The minimum absolute atomic E-state index is 0.0980. The van der Waals surface area contributed by atoms with E-state index in [0.717, 1.165) is 0 Å². The average Bonchev–Trinajstić information content (AvgIpc) is 2.30. The van der Waals surface area contributed by atoms with Crippen molar-refractivity contribution in [3.05, 3.63) is 34.9 Å². The van der Waals surface area contributed by atoms with Gasteiger partial charge in [-0.1, -0.05) is 41.4 Å². The van der Waals surface area contributed by atoms with Crippen molar-refractivity contribution in [2.24, 2.45) is 0 Å². The average molecular weight is 287 g/mol. The Kier molecular flexibility index (Phi) is 3.28. The van der Waals surface area contributed by atoms with Crippen LogP contribution in [0, 0.1) is 0 Å². The first-order valence-electron chi connectivity index (χ1n) is 5.02. The highest BCUT2D eigenvalue weighted by Gasteiger charge is 2.49. The van der Waals surface area contributed by atoms with E-state index < -0.39 is 22.7 Å². The van der Waals surface area contributed by atoms with Crippen molar-refractivity contribution in [2.75, 3.05) is 0 Å². The van der Waals surface area contributed by atoms with Crippen molar-refractivity contribution >= 4 is 41.0 Å². The van der Waals surface area contributed by atoms with Crippen LogP contribution in [-0.4, -0.2) is 22.7 Å². The van der Waals surface area contributed by atoms with E-state index in [0.29, 0.717) is 10.6 Å². The number of benzene rings is 1. The van der Waals surface area contributed by atoms with E-state index >= 15 is 0 Å². The lowest BCUT2D eigenvalue weighted by Gasteiger charge is -2.28. The molecule has 18 heavy (non-hydrogen) atoms. The molecule has 0 aliphatic carbocycles. The van der Waals surface area contributed by atoms with Crippen molar-refractivity contribution in [3.8, 4) is 0 Å². The third kappa shape index (κ3) is 2.19. The number of nitrogens with one attached hydrogen (secondary N) is 2. The maximum atomic E-state index is 11.7. The highest BCUT2D eigenvalue weighted by molar-refractivity contribution is 6.49. The van der Waals surface area contributed by atoms with E-state index in [9.17, 15) is 14.4 Å². The van der Waals surface area contributed by atoms with Crippen LogP contribution in [0.1, 0.15) is 5.56 Å². The van der Waals surface area contributed by atoms with Crippen LogP contribution in [0.3, 0.4) is 0 Å². The summed E-state index contributed by atoms with van der Waals surface area (Å²) in [4.78, 5) is 32.4. The van der Waals surface area contributed by atoms with Gasteiger partial charge in [-0.3, -0.25) is 20.2 Å². The summed E-state index contributed by atoms with van der Waals surface area (Å²) in [5.74, 6) is -1.70. The Hall–Kier alpha value is -1.59. The molecule has 7 heteroatoms. The van der Waals surface area contributed by atoms with Crippen LogP contribution in [-0.2, 0) is 16.0 Å². The largest absolute Gasteiger partial charge is 0.328 e. The van der Waals surface area contributed by atoms with Gasteiger partial charge in [-0.25, -0.2) is 4.79 Å². The van der Waals surface area contributed by atoms with Crippen LogP contribution in [0.5, 0.6) is 0 Å². The first kappa shape index (κ1) is 12.9. The van der Waals surface area contributed by atoms with Gasteiger partial charge in [0.25, 0.3) is 11.8 Å². The van der Waals surface area contributed by atoms with Gasteiger partial charge in [0.05, 0.1) is 0 Å². The SMILES string of the molecule is O=C1NC(=O)C(Cl)(Cc2ccccc2Cl)C(=O)N1. The van der Waals surface area contributed by atoms with Crippen LogP contribution in [0.25, 0.3) is 0 Å². The quantitative estimate of drug-likeness (QED) is 0.634. The number of carbonyl (C=O) groups excluding carboxylic acids is 3. The fourth-order valence-corrected chi connectivity index (χ4v) is 2.04. The van der Waals surface area contributed by atoms with Crippen LogP contribution in [0.2, 0.25) is 5.02 Å². The predicted molar refractivity (Wildman–Crippen MR) is 65.4 cm³/mol. The number of hydrogen-bond donors (Lipinski definition) is 2. The summed E-state index contributed by atoms with van der Waals surface area (Å²) in [6.07, 6.45) is -0.0980. The summed E-state index contributed by atoms with van der Waals surface area (Å²) in [5, 5.41) is 4.31. The number of imide groups is 2. The standard InChI is InChI=1S/C11H8Cl2N2O3/c12-7-4-2-1-3-6(7)5-11(13)8(16)14-10(18)15-9(11)17/h1-4H,5H2,(H2,14,15,16,17,18). The third-order valence-corrected chi connectivity index (χ3v) is 3.41. The summed E-state index contributed by atoms with van der Waals surface area (Å²) in [7, 11) is 0. The monoisotopic (exact) mass is 286 g/mol. The molecule has 0 atom stereocenters. The second-order valence-electron chi connectivity index (χ2n) is 3.81. The molecule has 1 fully saturated rings. The lowest BCUT2D eigenvalue weighted by atomic mass is 9.95. The van der Waals surface area contributed by atoms with Crippen molar-refractivity contribution in [1.82, 2.24) is 10.6 Å². The number of urea groups is 1. The zero-order valence-corrected chi connectivity index (χ0v) is 10.5. The van der Waals surface area contributed by atoms with Crippen LogP contribution in [0.4, 0.5) is 4.79 Å². The molecule has 0 unspecified atom stereocenters. The molecule has 1 aliphatic rings. The molecule has 1 aromatic rings. The summed E-state index contributed by atoms with van der Waals surface area (Å²) >= 11 is 12.0. The number of halogens is 2. The molecule has 1 heterocycles. The Morgan fingerprint density at radius 3 is 2.17 bits per heavy atom. The number of carbonyl (C=O) groups is 3. The van der Waals surface area contributed by atoms with Gasteiger partial charge in [0, 0.05) is 11.4 Å². The maximum absolute atomic E-state index is 11.7. The van der Waals surface area contributed by atoms with E-state index in [1.807, 2.05) is 10.6 Å². The van der Waals surface area contributed by atoms with E-state index in [4.69, 9.17) is 23.2 Å². The molecule has 94 valence electrons. The Balaban J connectivity index is 2.32. The first-order valence-corrected chi connectivity index (χ1v) is 5.78. The molecule has 5 nitrogen and oxygen atoms in total. The first-order chi connectivity index (χ1) is 8.43. The van der Waals surface area contributed by atoms with Crippen molar-refractivity contribution in [2.45, 2.75) is 11.3 Å². The second kappa shape index (κ2) is 4.59. The molecular formula is C11H8Cl2N2O3. The number of alkyl halides is 1. The smallest absolute Gasteiger partial charge is 0.276 e. The van der Waals surface area contributed by atoms with E-state index in [-0.39, 0.29) is 6.42 Å². The second-order valence-corrected chi connectivity index (χ2v) is 4.86. The van der Waals surface area contributed by atoms with Crippen molar-refractivity contribution in [1.29, 1.82) is 0 Å². The molecule has 0 bridgehead atoms. The lowest BCUT2D eigenvalue weighted by molar-refractivity contribution is -0.133. The minimum Gasteiger partial charge on any atom is -0.276 e. The molecule has 1 aromatic carbocycles. The summed E-state index contributed by atoms with van der Waals surface area (Å²) in [6, 6.07) is 5.84. The fourth-order valence-electron chi connectivity index (χ4n) is 1.60. The minimum atomic E-state index is -1.86. The van der Waals surface area contributed by atoms with E-state index in [1.54, 1.807) is 24.3 Å². The molecule has 0 saturated carbocycles. The van der Waals surface area contributed by atoms with Gasteiger partial charge in [0.2, 0.25) is 4.87 Å². The zero-order chi connectivity index (χ0) is 13.3. The number of hydrogen-bond acceptors (Lipinski definition) is 3. The topological polar surface area (TPSA) is 75.3 Å². The highest BCUT2D eigenvalue weighted by atomic mass is 35.5. The molecule has 0 aromatic heterocycles. The summed E-state index contributed by atoms with van der Waals surface area (Å²) < 4.78 is 0. The number of rotatable bonds is 2. The molecule has 1 saturated heterocycles. The molecule has 2 rings (SSSR count). The van der Waals surface area contributed by atoms with Gasteiger partial charge in [0.15, 0.2) is 0 Å². The Labute approximate surface area is 112 Å². The van der Waals surface area contributed by atoms with Gasteiger partial charge in [-0.2, -0.15) is 0 Å². The third-order valence-electron chi connectivity index (χ3n) is 2.57. The zero-order valence-electron chi connectivity index (χ0n) is 9.00. The molecular weight excluding hydrogens is 279 g/mol. The Morgan fingerprint density at radius 2 is 1.61 bits per heavy atom. The highest BCUT2D eigenvalue weighted by Crippen LogP contribution is 2.27. The molecule has 2 N–H and O–H groups in total. The molecule has 0 spiro atoms. The van der Waals surface area contributed by atoms with Gasteiger partial charge in [0.1, 0.15) is 0 Å². The van der Waals surface area contributed by atoms with Gasteiger partial charge in [-0.15, -0.1) is 0 Å². The maximum Gasteiger partial charge on any atom is 0.328 e. The Bertz CT molecular complexity index is 525. The van der Waals surface area contributed by atoms with Crippen LogP contribution >= 0.6 is 23.2 Å². The van der Waals surface area contributed by atoms with Gasteiger partial charge >= 0.3 is 6.03 Å². The van der Waals surface area contributed by atoms with Crippen molar-refractivity contribution in [3.63, 3.8) is 0 Å². The van der Waals surface area contributed by atoms with Gasteiger partial charge < -0.3 is 0 Å². The summed E-state index contributed by atoms with van der Waals surface area (Å²) in [6.45, 7) is 0. The van der Waals surface area contributed by atoms with E-state index in [2.05, 4.69) is 0 Å². The van der Waals surface area contributed by atoms with E-state index in [1.165, 1.54) is 0 Å². The van der Waals surface area contributed by atoms with Crippen molar-refractivity contribution < 1.29 is 14.4 Å². The number of barbiturate groups is 1. The molecule has 1 aliphatic heterocycles. The lowest BCUT2D eigenvalue weighted by Crippen LogP contribution is -2.64. The van der Waals surface area contributed by atoms with Crippen LogP contribution in [0.15, 0.2) is 24.3 Å². The summed E-state index contributed by atoms with van der Waals surface area (Å²) in [5.41, 5.74) is 0.550. The normalized spacial score (nSPS) is 18.2. The Morgan fingerprint density at radius 1 is 1.06 bits per heavy atom.